The Morgan fingerprint density at radius 3 is 2.22 bits per heavy atom. The highest BCUT2D eigenvalue weighted by Gasteiger charge is 2.64. The second kappa shape index (κ2) is 13.9. The summed E-state index contributed by atoms with van der Waals surface area (Å²) in [5.41, 5.74) is -0.262. The van der Waals surface area contributed by atoms with E-state index in [1.807, 2.05) is 56.0 Å². The molecule has 3 aromatic rings. The number of methoxy groups -OCH3 is 1. The van der Waals surface area contributed by atoms with Gasteiger partial charge in [-0.2, -0.15) is 0 Å². The van der Waals surface area contributed by atoms with Crippen molar-refractivity contribution in [1.82, 2.24) is 25.2 Å². The monoisotopic (exact) mass is 779 g/mol. The average molecular weight is 780 g/mol. The van der Waals surface area contributed by atoms with Crippen LogP contribution in [0.2, 0.25) is 19.6 Å². The fourth-order valence-corrected chi connectivity index (χ4v) is 13.6. The Kier molecular flexibility index (Phi) is 10.0. The summed E-state index contributed by atoms with van der Waals surface area (Å²) in [7, 11) is -4.67. The topological polar surface area (TPSA) is 193 Å². The number of hydrogen-bond donors (Lipinski definition) is 4. The highest BCUT2D eigenvalue weighted by Crippen LogP contribution is 2.50. The van der Waals surface area contributed by atoms with E-state index in [1.165, 1.54) is 4.90 Å². The molecular weight excluding hydrogens is 731 g/mol. The van der Waals surface area contributed by atoms with Gasteiger partial charge in [-0.25, -0.2) is 18.2 Å². The van der Waals surface area contributed by atoms with Gasteiger partial charge in [0.15, 0.2) is 0 Å². The lowest BCUT2D eigenvalue weighted by Gasteiger charge is -2.35. The van der Waals surface area contributed by atoms with E-state index in [-0.39, 0.29) is 25.8 Å². The van der Waals surface area contributed by atoms with Gasteiger partial charge in [0.25, 0.3) is 5.91 Å². The number of pyridine rings is 1. The predicted octanol–water partition coefficient (Wildman–Crippen LogP) is 4.45. The van der Waals surface area contributed by atoms with Gasteiger partial charge in [0.1, 0.15) is 35.2 Å². The molecule has 4 N–H and O–H groups in total. The molecule has 16 heteroatoms. The Balaban J connectivity index is 1.30. The third-order valence-corrected chi connectivity index (χ3v) is 18.7. The Morgan fingerprint density at radius 2 is 1.67 bits per heavy atom. The lowest BCUT2D eigenvalue weighted by atomic mass is 9.85. The standard InChI is InChI=1S/C38H49N5O9SSi/c1-36(2,3)31(40-35(47)48)33(45)43-22-25(52-30-21-27(23-11-9-8-10-12-23)39-28-19-24(51-4)13-14-26(28)30)20-29(43)32(44)41-37(15-16-37)34(46)42-53(49,50)38(17-18-38)54(5,6)7/h8-14,19,21,25,29,31,40H,15-18,20,22H2,1-7H3,(H,41,44)(H,42,46)(H,47,48). The number of hydrogen-bond acceptors (Lipinski definition) is 9. The van der Waals surface area contributed by atoms with Crippen LogP contribution in [0.3, 0.4) is 0 Å². The number of rotatable bonds is 12. The molecule has 0 radical (unpaired) electrons. The molecule has 3 aliphatic rings. The van der Waals surface area contributed by atoms with Gasteiger partial charge in [0.05, 0.1) is 37.3 Å². The molecule has 2 aromatic carbocycles. The summed E-state index contributed by atoms with van der Waals surface area (Å²) in [6, 6.07) is 14.3. The van der Waals surface area contributed by atoms with E-state index in [9.17, 15) is 32.7 Å². The molecule has 1 saturated heterocycles. The normalized spacial score (nSPS) is 20.8. The molecule has 3 atom stereocenters. The van der Waals surface area contributed by atoms with Gasteiger partial charge in [0, 0.05) is 29.5 Å². The number of benzene rings is 2. The summed E-state index contributed by atoms with van der Waals surface area (Å²) < 4.78 is 40.4. The highest BCUT2D eigenvalue weighted by molar-refractivity contribution is 7.93. The van der Waals surface area contributed by atoms with E-state index in [0.29, 0.717) is 40.9 Å². The molecule has 3 fully saturated rings. The summed E-state index contributed by atoms with van der Waals surface area (Å²) >= 11 is 0. The summed E-state index contributed by atoms with van der Waals surface area (Å²) in [6.07, 6.45) is -0.708. The van der Waals surface area contributed by atoms with Crippen LogP contribution in [-0.4, -0.2) is 97.0 Å². The molecule has 0 spiro atoms. The van der Waals surface area contributed by atoms with Crippen LogP contribution in [0.15, 0.2) is 54.6 Å². The zero-order chi connectivity index (χ0) is 39.4. The van der Waals surface area contributed by atoms with Gasteiger partial charge >= 0.3 is 6.09 Å². The smallest absolute Gasteiger partial charge is 0.405 e. The summed E-state index contributed by atoms with van der Waals surface area (Å²) in [6.45, 7) is 10.9. The van der Waals surface area contributed by atoms with Gasteiger partial charge in [-0.1, -0.05) is 70.7 Å². The minimum absolute atomic E-state index is 0.0108. The minimum Gasteiger partial charge on any atom is -0.497 e. The van der Waals surface area contributed by atoms with Crippen LogP contribution in [0, 0.1) is 5.41 Å². The Labute approximate surface area is 316 Å². The van der Waals surface area contributed by atoms with Gasteiger partial charge in [-0.05, 0) is 43.2 Å². The number of amides is 4. The first-order valence-corrected chi connectivity index (χ1v) is 23.1. The molecule has 2 saturated carbocycles. The third-order valence-electron chi connectivity index (χ3n) is 10.9. The maximum absolute atomic E-state index is 14.3. The van der Waals surface area contributed by atoms with Crippen LogP contribution in [0.4, 0.5) is 4.79 Å². The van der Waals surface area contributed by atoms with Crippen molar-refractivity contribution in [3.8, 4) is 22.8 Å². The van der Waals surface area contributed by atoms with Crippen molar-refractivity contribution >= 4 is 52.8 Å². The van der Waals surface area contributed by atoms with Gasteiger partial charge in [-0.3, -0.25) is 19.1 Å². The second-order valence-corrected chi connectivity index (χ2v) is 24.5. The van der Waals surface area contributed by atoms with Crippen LogP contribution >= 0.6 is 0 Å². The molecule has 1 aliphatic heterocycles. The quantitative estimate of drug-likeness (QED) is 0.191. The van der Waals surface area contributed by atoms with Gasteiger partial charge < -0.3 is 30.1 Å². The van der Waals surface area contributed by atoms with E-state index in [1.54, 1.807) is 46.1 Å². The Bertz CT molecular complexity index is 2090. The first kappa shape index (κ1) is 39.0. The van der Waals surface area contributed by atoms with Crippen LogP contribution in [-0.2, 0) is 24.4 Å². The van der Waals surface area contributed by atoms with E-state index in [0.717, 1.165) is 5.56 Å². The molecular formula is C38H49N5O9SSi. The van der Waals surface area contributed by atoms with Gasteiger partial charge in [0.2, 0.25) is 21.8 Å². The molecule has 54 heavy (non-hydrogen) atoms. The Morgan fingerprint density at radius 1 is 1.00 bits per heavy atom. The van der Waals surface area contributed by atoms with E-state index in [2.05, 4.69) is 15.4 Å². The molecule has 2 aliphatic carbocycles. The predicted molar refractivity (Wildman–Crippen MR) is 205 cm³/mol. The number of sulfonamides is 1. The number of fused-ring (bicyclic) bond motifs is 1. The maximum Gasteiger partial charge on any atom is 0.405 e. The van der Waals surface area contributed by atoms with Crippen LogP contribution in [0.1, 0.15) is 52.9 Å². The van der Waals surface area contributed by atoms with E-state index < -0.39 is 75.4 Å². The summed E-state index contributed by atoms with van der Waals surface area (Å²) in [4.78, 5) is 60.1. The number of nitrogens with one attached hydrogen (secondary N) is 3. The van der Waals surface area contributed by atoms with Gasteiger partial charge in [-0.15, -0.1) is 0 Å². The summed E-state index contributed by atoms with van der Waals surface area (Å²) in [5.74, 6) is -1.04. The zero-order valence-corrected chi connectivity index (χ0v) is 33.5. The number of carbonyl (C=O) groups is 4. The lowest BCUT2D eigenvalue weighted by molar-refractivity contribution is -0.142. The molecule has 3 unspecified atom stereocenters. The number of carboxylic acid groups (broad SMARTS) is 1. The fraction of sp³-hybridized carbons (Fsp3) is 0.500. The second-order valence-electron chi connectivity index (χ2n) is 16.7. The van der Waals surface area contributed by atoms with Crippen LogP contribution < -0.4 is 24.8 Å². The Hall–Kier alpha value is -4.70. The SMILES string of the molecule is COc1ccc2c(OC3CC(C(=O)NC4(C(=O)NS(=O)(=O)C5([Si](C)(C)C)CC5)CC4)N(C(=O)C(NC(=O)O)C(C)(C)C)C3)cc(-c3ccccc3)nc2c1. The van der Waals surface area contributed by atoms with Crippen molar-refractivity contribution in [2.45, 2.75) is 101 Å². The third kappa shape index (κ3) is 7.50. The molecule has 14 nitrogen and oxygen atoms in total. The van der Waals surface area contributed by atoms with Crippen molar-refractivity contribution < 1.29 is 42.2 Å². The maximum atomic E-state index is 14.3. The van der Waals surface area contributed by atoms with Crippen LogP contribution in [0.25, 0.3) is 22.2 Å². The fourth-order valence-electron chi connectivity index (χ4n) is 7.36. The average Bonchev–Trinajstić information content (AvgIpc) is 4.03. The molecule has 4 amide bonds. The number of likely N-dealkylation sites (tertiary alicyclic amines) is 1. The summed E-state index contributed by atoms with van der Waals surface area (Å²) in [5, 5.41) is 15.4. The van der Waals surface area contributed by atoms with Crippen LogP contribution in [0.5, 0.6) is 11.5 Å². The molecule has 290 valence electrons. The number of aromatic nitrogens is 1. The number of ether oxygens (including phenoxy) is 2. The van der Waals surface area contributed by atoms with E-state index in [4.69, 9.17) is 14.5 Å². The molecule has 0 bridgehead atoms. The van der Waals surface area contributed by atoms with Crippen molar-refractivity contribution in [3.05, 3.63) is 54.6 Å². The largest absolute Gasteiger partial charge is 0.497 e. The first-order valence-electron chi connectivity index (χ1n) is 18.1. The highest BCUT2D eigenvalue weighted by atomic mass is 32.2. The van der Waals surface area contributed by atoms with E-state index >= 15 is 0 Å². The van der Waals surface area contributed by atoms with Crippen molar-refractivity contribution in [2.24, 2.45) is 5.41 Å². The molecule has 1 aromatic heterocycles. The van der Waals surface area contributed by atoms with Crippen molar-refractivity contribution in [3.63, 3.8) is 0 Å². The number of nitrogens with zero attached hydrogens (tertiary/aromatic N) is 2. The lowest BCUT2D eigenvalue weighted by Crippen LogP contribution is -2.60. The zero-order valence-electron chi connectivity index (χ0n) is 31.7. The van der Waals surface area contributed by atoms with Crippen molar-refractivity contribution in [1.29, 1.82) is 0 Å². The first-order chi connectivity index (χ1) is 25.2. The molecule has 2 heterocycles. The van der Waals surface area contributed by atoms with Crippen molar-refractivity contribution in [2.75, 3.05) is 13.7 Å². The number of carbonyl (C=O) groups excluding carboxylic acids is 3. The molecule has 6 rings (SSSR count). The minimum atomic E-state index is -4.01.